The van der Waals surface area contributed by atoms with Crippen molar-refractivity contribution in [2.45, 2.75) is 62.5 Å². The maximum atomic E-state index is 12.7. The minimum Gasteiger partial charge on any atom is -0.497 e. The minimum absolute atomic E-state index is 0.0537. The van der Waals surface area contributed by atoms with Crippen LogP contribution in [0.25, 0.3) is 5.69 Å². The van der Waals surface area contributed by atoms with Gasteiger partial charge in [0.05, 0.1) is 18.9 Å². The molecule has 1 N–H and O–H groups in total. The molecule has 1 heterocycles. The molecule has 1 saturated carbocycles. The number of methoxy groups -OCH3 is 2. The molecule has 0 saturated heterocycles. The van der Waals surface area contributed by atoms with Gasteiger partial charge in [0.2, 0.25) is 5.91 Å². The number of rotatable bonds is 11. The van der Waals surface area contributed by atoms with E-state index in [1.54, 1.807) is 26.0 Å². The zero-order valence-electron chi connectivity index (χ0n) is 21.4. The number of aryl methyl sites for hydroxylation is 2. The summed E-state index contributed by atoms with van der Waals surface area (Å²) in [5.74, 6) is 2.91. The number of carbonyl (C=O) groups excluding carboxylic acids is 1. The van der Waals surface area contributed by atoms with Gasteiger partial charge in [-0.2, -0.15) is 0 Å². The molecule has 1 aromatic heterocycles. The molecule has 1 aliphatic rings. The van der Waals surface area contributed by atoms with Crippen LogP contribution in [-0.2, 0) is 21.7 Å². The van der Waals surface area contributed by atoms with Gasteiger partial charge in [0.15, 0.2) is 5.16 Å². The Morgan fingerprint density at radius 2 is 1.89 bits per heavy atom. The van der Waals surface area contributed by atoms with E-state index < -0.39 is 0 Å². The van der Waals surface area contributed by atoms with E-state index in [4.69, 9.17) is 9.47 Å². The van der Waals surface area contributed by atoms with E-state index in [0.29, 0.717) is 24.9 Å². The molecule has 36 heavy (non-hydrogen) atoms. The topological polar surface area (TPSA) is 78.3 Å². The van der Waals surface area contributed by atoms with Crippen LogP contribution in [0, 0.1) is 12.8 Å². The lowest BCUT2D eigenvalue weighted by Crippen LogP contribution is -2.32. The molecule has 1 fully saturated rings. The van der Waals surface area contributed by atoms with Gasteiger partial charge in [-0.1, -0.05) is 47.7 Å². The Balaban J connectivity index is 1.41. The summed E-state index contributed by atoms with van der Waals surface area (Å²) in [6.07, 6.45) is 5.61. The normalized spacial score (nSPS) is 17.6. The van der Waals surface area contributed by atoms with E-state index >= 15 is 0 Å². The highest BCUT2D eigenvalue weighted by molar-refractivity contribution is 7.98. The molecular formula is C28H36N4O3S. The lowest BCUT2D eigenvalue weighted by molar-refractivity contribution is -0.121. The molecule has 0 bridgehead atoms. The largest absolute Gasteiger partial charge is 0.497 e. The molecule has 7 nitrogen and oxygen atoms in total. The van der Waals surface area contributed by atoms with Crippen molar-refractivity contribution in [1.29, 1.82) is 0 Å². The van der Waals surface area contributed by atoms with Crippen LogP contribution in [0.5, 0.6) is 5.75 Å². The summed E-state index contributed by atoms with van der Waals surface area (Å²) in [7, 11) is 3.44. The quantitative estimate of drug-likeness (QED) is 0.362. The van der Waals surface area contributed by atoms with E-state index in [1.165, 1.54) is 11.1 Å². The first-order valence-electron chi connectivity index (χ1n) is 12.6. The van der Waals surface area contributed by atoms with Crippen LogP contribution >= 0.6 is 11.8 Å². The Kier molecular flexibility index (Phi) is 9.41. The molecule has 1 amide bonds. The number of nitrogens with zero attached hydrogens (tertiary/aromatic N) is 3. The predicted molar refractivity (Wildman–Crippen MR) is 143 cm³/mol. The molecule has 0 radical (unpaired) electrons. The maximum Gasteiger partial charge on any atom is 0.220 e. The fourth-order valence-corrected chi connectivity index (χ4v) is 5.57. The van der Waals surface area contributed by atoms with E-state index in [0.717, 1.165) is 60.4 Å². The fourth-order valence-electron chi connectivity index (χ4n) is 4.66. The first kappa shape index (κ1) is 26.2. The van der Waals surface area contributed by atoms with Crippen LogP contribution < -0.4 is 10.1 Å². The third-order valence-electron chi connectivity index (χ3n) is 6.75. The number of hydrogen-bond donors (Lipinski definition) is 1. The smallest absolute Gasteiger partial charge is 0.220 e. The molecule has 0 unspecified atom stereocenters. The van der Waals surface area contributed by atoms with Gasteiger partial charge in [0, 0.05) is 38.3 Å². The lowest BCUT2D eigenvalue weighted by Gasteiger charge is -2.27. The molecule has 192 valence electrons. The van der Waals surface area contributed by atoms with Crippen molar-refractivity contribution in [1.82, 2.24) is 20.1 Å². The van der Waals surface area contributed by atoms with Gasteiger partial charge in [0.25, 0.3) is 0 Å². The summed E-state index contributed by atoms with van der Waals surface area (Å²) in [6, 6.07) is 16.3. The molecule has 8 heteroatoms. The minimum atomic E-state index is 0.0537. The molecule has 4 rings (SSSR count). The Labute approximate surface area is 218 Å². The average Bonchev–Trinajstić information content (AvgIpc) is 3.32. The number of benzene rings is 2. The molecule has 0 atom stereocenters. The summed E-state index contributed by atoms with van der Waals surface area (Å²) >= 11 is 1.64. The zero-order chi connectivity index (χ0) is 25.3. The fraction of sp³-hybridized carbons (Fsp3) is 0.464. The Morgan fingerprint density at radius 1 is 1.08 bits per heavy atom. The average molecular weight is 509 g/mol. The second-order valence-electron chi connectivity index (χ2n) is 9.40. The Bertz CT molecular complexity index is 1140. The third-order valence-corrected chi connectivity index (χ3v) is 7.75. The highest BCUT2D eigenvalue weighted by Gasteiger charge is 2.21. The first-order chi connectivity index (χ1) is 17.6. The van der Waals surface area contributed by atoms with Crippen LogP contribution in [0.15, 0.2) is 53.7 Å². The van der Waals surface area contributed by atoms with Gasteiger partial charge < -0.3 is 14.8 Å². The SMILES string of the molecule is COc1cccc(-n2c(CCC(=O)NCC3CCC(OC)CC3)nnc2SCc2cccc(C)c2)c1. The first-order valence-corrected chi connectivity index (χ1v) is 13.6. The molecule has 3 aromatic rings. The summed E-state index contributed by atoms with van der Waals surface area (Å²) < 4.78 is 12.9. The van der Waals surface area contributed by atoms with Crippen LogP contribution in [0.2, 0.25) is 0 Å². The van der Waals surface area contributed by atoms with Crippen LogP contribution in [-0.4, -0.2) is 47.5 Å². The Hall–Kier alpha value is -2.84. The number of nitrogens with one attached hydrogen (secondary N) is 1. The number of amides is 1. The molecule has 0 spiro atoms. The van der Waals surface area contributed by atoms with Crippen LogP contribution in [0.3, 0.4) is 0 Å². The predicted octanol–water partition coefficient (Wildman–Crippen LogP) is 5.13. The summed E-state index contributed by atoms with van der Waals surface area (Å²) in [6.45, 7) is 2.83. The number of ether oxygens (including phenoxy) is 2. The van der Waals surface area contributed by atoms with Crippen molar-refractivity contribution >= 4 is 17.7 Å². The van der Waals surface area contributed by atoms with Gasteiger partial charge in [0.1, 0.15) is 11.6 Å². The summed E-state index contributed by atoms with van der Waals surface area (Å²) in [5.41, 5.74) is 3.40. The standard InChI is InChI=1S/C28H36N4O3S/c1-20-6-4-7-22(16-20)19-36-28-31-30-26(32(28)23-8-5-9-25(17-23)35-3)14-15-27(33)29-18-21-10-12-24(34-2)13-11-21/h4-9,16-17,21,24H,10-15,18-19H2,1-3H3,(H,29,33). The van der Waals surface area contributed by atoms with Crippen molar-refractivity contribution < 1.29 is 14.3 Å². The lowest BCUT2D eigenvalue weighted by atomic mass is 9.87. The molecular weight excluding hydrogens is 472 g/mol. The summed E-state index contributed by atoms with van der Waals surface area (Å²) in [5, 5.41) is 12.9. The van der Waals surface area contributed by atoms with Crippen molar-refractivity contribution in [3.8, 4) is 11.4 Å². The number of hydrogen-bond acceptors (Lipinski definition) is 6. The third kappa shape index (κ3) is 7.11. The maximum absolute atomic E-state index is 12.7. The van der Waals surface area contributed by atoms with Gasteiger partial charge in [-0.3, -0.25) is 9.36 Å². The highest BCUT2D eigenvalue weighted by Crippen LogP contribution is 2.28. The monoisotopic (exact) mass is 508 g/mol. The van der Waals surface area contributed by atoms with Crippen LogP contribution in [0.4, 0.5) is 0 Å². The highest BCUT2D eigenvalue weighted by atomic mass is 32.2. The van der Waals surface area contributed by atoms with Gasteiger partial charge in [-0.05, 0) is 56.2 Å². The van der Waals surface area contributed by atoms with Gasteiger partial charge in [-0.15, -0.1) is 10.2 Å². The van der Waals surface area contributed by atoms with Crippen molar-refractivity contribution in [2.75, 3.05) is 20.8 Å². The van der Waals surface area contributed by atoms with Gasteiger partial charge in [-0.25, -0.2) is 0 Å². The second-order valence-corrected chi connectivity index (χ2v) is 10.3. The van der Waals surface area contributed by atoms with E-state index in [1.807, 2.05) is 28.8 Å². The summed E-state index contributed by atoms with van der Waals surface area (Å²) in [4.78, 5) is 12.7. The van der Waals surface area contributed by atoms with E-state index in [-0.39, 0.29) is 5.91 Å². The Morgan fingerprint density at radius 3 is 2.64 bits per heavy atom. The second kappa shape index (κ2) is 12.9. The zero-order valence-corrected chi connectivity index (χ0v) is 22.2. The van der Waals surface area contributed by atoms with Crippen molar-refractivity contribution in [3.63, 3.8) is 0 Å². The molecule has 2 aromatic carbocycles. The molecule has 1 aliphatic carbocycles. The van der Waals surface area contributed by atoms with E-state index in [2.05, 4.69) is 46.7 Å². The number of aromatic nitrogens is 3. The van der Waals surface area contributed by atoms with Crippen molar-refractivity contribution in [3.05, 3.63) is 65.5 Å². The number of thioether (sulfide) groups is 1. The van der Waals surface area contributed by atoms with Gasteiger partial charge >= 0.3 is 0 Å². The number of carbonyl (C=O) groups is 1. The van der Waals surface area contributed by atoms with Crippen molar-refractivity contribution in [2.24, 2.45) is 5.92 Å². The molecule has 0 aliphatic heterocycles. The van der Waals surface area contributed by atoms with E-state index in [9.17, 15) is 4.79 Å². The van der Waals surface area contributed by atoms with Crippen LogP contribution in [0.1, 0.15) is 49.1 Å².